The minimum atomic E-state index is -0.659. The van der Waals surface area contributed by atoms with Crippen LogP contribution in [0.25, 0.3) is 0 Å². The Labute approximate surface area is 62.8 Å². The van der Waals surface area contributed by atoms with Crippen LogP contribution in [0.4, 0.5) is 4.39 Å². The molecule has 2 atom stereocenters. The molecule has 2 unspecified atom stereocenters. The minimum Gasteiger partial charge on any atom is -0.344 e. The maximum Gasteiger partial charge on any atom is 0.0976 e. The molecule has 0 aliphatic rings. The van der Waals surface area contributed by atoms with Crippen LogP contribution in [0.1, 0.15) is 20.3 Å². The molecule has 10 heavy (non-hydrogen) atoms. The van der Waals surface area contributed by atoms with Crippen molar-refractivity contribution >= 4 is 0 Å². The van der Waals surface area contributed by atoms with E-state index in [1.165, 1.54) is 0 Å². The van der Waals surface area contributed by atoms with Crippen molar-refractivity contribution in [3.8, 4) is 0 Å². The molecule has 0 bridgehead atoms. The summed E-state index contributed by atoms with van der Waals surface area (Å²) in [6.07, 6.45) is 0.00856. The lowest BCUT2D eigenvalue weighted by molar-refractivity contribution is 0.295. The first-order valence-electron chi connectivity index (χ1n) is 3.45. The molecule has 2 nitrogen and oxygen atoms in total. The largest absolute Gasteiger partial charge is 0.344 e. The lowest BCUT2D eigenvalue weighted by atomic mass is 10.1. The van der Waals surface area contributed by atoms with Gasteiger partial charge in [0.2, 0.25) is 0 Å². The normalized spacial score (nSPS) is 15.6. The van der Waals surface area contributed by atoms with Gasteiger partial charge >= 0.3 is 0 Å². The number of rotatable bonds is 4. The Kier molecular flexibility index (Phi) is 8.72. The van der Waals surface area contributed by atoms with Gasteiger partial charge in [-0.3, -0.25) is 0 Å². The highest BCUT2D eigenvalue weighted by Gasteiger charge is 2.04. The summed E-state index contributed by atoms with van der Waals surface area (Å²) in [5, 5.41) is 3.01. The maximum absolute atomic E-state index is 12.2. The summed E-state index contributed by atoms with van der Waals surface area (Å²) in [4.78, 5) is 0. The van der Waals surface area contributed by atoms with E-state index in [9.17, 15) is 4.39 Å². The van der Waals surface area contributed by atoms with Crippen molar-refractivity contribution in [1.29, 1.82) is 0 Å². The van der Waals surface area contributed by atoms with Crippen LogP contribution in [0, 0.1) is 5.92 Å². The van der Waals surface area contributed by atoms with Crippen LogP contribution in [-0.4, -0.2) is 19.8 Å². The SMILES string of the molecule is CNCC(C)CC(C)F.N. The van der Waals surface area contributed by atoms with E-state index < -0.39 is 6.17 Å². The molecule has 0 rings (SSSR count). The summed E-state index contributed by atoms with van der Waals surface area (Å²) in [5.74, 6) is 0.454. The van der Waals surface area contributed by atoms with Gasteiger partial charge in [-0.2, -0.15) is 0 Å². The molecule has 0 saturated heterocycles. The van der Waals surface area contributed by atoms with Gasteiger partial charge in [-0.15, -0.1) is 0 Å². The molecule has 4 N–H and O–H groups in total. The molecular weight excluding hydrogens is 131 g/mol. The second kappa shape index (κ2) is 6.96. The van der Waals surface area contributed by atoms with Crippen LogP contribution in [0.3, 0.4) is 0 Å². The fraction of sp³-hybridized carbons (Fsp3) is 1.00. The zero-order valence-electron chi connectivity index (χ0n) is 7.15. The highest BCUT2D eigenvalue weighted by Crippen LogP contribution is 2.06. The first kappa shape index (κ1) is 12.5. The van der Waals surface area contributed by atoms with Gasteiger partial charge < -0.3 is 11.5 Å². The van der Waals surface area contributed by atoms with Crippen LogP contribution in [-0.2, 0) is 0 Å². The van der Waals surface area contributed by atoms with E-state index in [1.54, 1.807) is 6.92 Å². The third-order valence-electron chi connectivity index (χ3n) is 1.28. The van der Waals surface area contributed by atoms with Crippen LogP contribution < -0.4 is 11.5 Å². The predicted molar refractivity (Wildman–Crippen MR) is 43.3 cm³/mol. The van der Waals surface area contributed by atoms with Crippen LogP contribution in [0.2, 0.25) is 0 Å². The molecule has 0 heterocycles. The van der Waals surface area contributed by atoms with Crippen LogP contribution in [0.5, 0.6) is 0 Å². The minimum absolute atomic E-state index is 0. The van der Waals surface area contributed by atoms with Gasteiger partial charge in [-0.25, -0.2) is 4.39 Å². The summed E-state index contributed by atoms with van der Waals surface area (Å²) >= 11 is 0. The smallest absolute Gasteiger partial charge is 0.0976 e. The summed E-state index contributed by atoms with van der Waals surface area (Å²) in [6.45, 7) is 4.56. The first-order chi connectivity index (χ1) is 4.16. The fourth-order valence-corrected chi connectivity index (χ4v) is 0.986. The number of hydrogen-bond donors (Lipinski definition) is 2. The van der Waals surface area contributed by atoms with E-state index in [-0.39, 0.29) is 6.15 Å². The number of hydrogen-bond acceptors (Lipinski definition) is 2. The first-order valence-corrected chi connectivity index (χ1v) is 3.45. The van der Waals surface area contributed by atoms with Gasteiger partial charge in [0.15, 0.2) is 0 Å². The van der Waals surface area contributed by atoms with E-state index >= 15 is 0 Å². The molecule has 0 aromatic rings. The zero-order valence-corrected chi connectivity index (χ0v) is 7.15. The summed E-state index contributed by atoms with van der Waals surface area (Å²) in [5.41, 5.74) is 0. The van der Waals surface area contributed by atoms with E-state index in [0.717, 1.165) is 6.54 Å². The second-order valence-electron chi connectivity index (χ2n) is 2.68. The summed E-state index contributed by atoms with van der Waals surface area (Å²) < 4.78 is 12.2. The summed E-state index contributed by atoms with van der Waals surface area (Å²) in [6, 6.07) is 0. The Morgan fingerprint density at radius 2 is 1.90 bits per heavy atom. The van der Waals surface area contributed by atoms with Gasteiger partial charge in [0, 0.05) is 0 Å². The number of nitrogens with one attached hydrogen (secondary N) is 1. The van der Waals surface area contributed by atoms with Crippen molar-refractivity contribution in [1.82, 2.24) is 11.5 Å². The number of alkyl halides is 1. The molecule has 0 aromatic heterocycles. The predicted octanol–water partition coefficient (Wildman–Crippen LogP) is 1.75. The average Bonchev–Trinajstić information content (AvgIpc) is 1.63. The van der Waals surface area contributed by atoms with Crippen LogP contribution in [0.15, 0.2) is 0 Å². The monoisotopic (exact) mass is 150 g/mol. The van der Waals surface area contributed by atoms with Crippen molar-refractivity contribution in [2.45, 2.75) is 26.4 Å². The molecule has 0 radical (unpaired) electrons. The van der Waals surface area contributed by atoms with Gasteiger partial charge in [0.1, 0.15) is 0 Å². The zero-order chi connectivity index (χ0) is 7.28. The Hall–Kier alpha value is -0.150. The lowest BCUT2D eigenvalue weighted by Crippen LogP contribution is -2.18. The fourth-order valence-electron chi connectivity index (χ4n) is 0.986. The third-order valence-corrected chi connectivity index (χ3v) is 1.28. The van der Waals surface area contributed by atoms with Crippen molar-refractivity contribution in [3.63, 3.8) is 0 Å². The van der Waals surface area contributed by atoms with Gasteiger partial charge in [0.25, 0.3) is 0 Å². The Morgan fingerprint density at radius 1 is 1.40 bits per heavy atom. The molecule has 0 aliphatic heterocycles. The van der Waals surface area contributed by atoms with E-state index in [4.69, 9.17) is 0 Å². The second-order valence-corrected chi connectivity index (χ2v) is 2.68. The van der Waals surface area contributed by atoms with E-state index in [1.807, 2.05) is 14.0 Å². The standard InChI is InChI=1S/C7H16FN.H3N/c1-6(5-9-3)4-7(2)8;/h6-7,9H,4-5H2,1-3H3;1H3. The molecule has 64 valence electrons. The Morgan fingerprint density at radius 3 is 2.20 bits per heavy atom. The Bertz CT molecular complexity index is 66.6. The molecule has 0 spiro atoms. The van der Waals surface area contributed by atoms with Crippen LogP contribution >= 0.6 is 0 Å². The van der Waals surface area contributed by atoms with Crippen molar-refractivity contribution < 1.29 is 4.39 Å². The lowest BCUT2D eigenvalue weighted by Gasteiger charge is -2.09. The van der Waals surface area contributed by atoms with Crippen molar-refractivity contribution in [2.75, 3.05) is 13.6 Å². The molecule has 0 amide bonds. The van der Waals surface area contributed by atoms with Gasteiger partial charge in [0.05, 0.1) is 6.17 Å². The van der Waals surface area contributed by atoms with Gasteiger partial charge in [-0.05, 0) is 32.9 Å². The number of halogens is 1. The molecule has 3 heteroatoms. The highest BCUT2D eigenvalue weighted by molar-refractivity contribution is 4.58. The van der Waals surface area contributed by atoms with E-state index in [0.29, 0.717) is 12.3 Å². The van der Waals surface area contributed by atoms with Crippen molar-refractivity contribution in [3.05, 3.63) is 0 Å². The molecule has 0 fully saturated rings. The average molecular weight is 150 g/mol. The topological polar surface area (TPSA) is 47.0 Å². The quantitative estimate of drug-likeness (QED) is 0.641. The molecule has 0 aromatic carbocycles. The molecular formula is C7H19FN2. The molecule has 0 aliphatic carbocycles. The van der Waals surface area contributed by atoms with Crippen molar-refractivity contribution in [2.24, 2.45) is 5.92 Å². The highest BCUT2D eigenvalue weighted by atomic mass is 19.1. The Balaban J connectivity index is 0. The molecule has 0 saturated carbocycles. The van der Waals surface area contributed by atoms with Gasteiger partial charge in [-0.1, -0.05) is 6.92 Å². The van der Waals surface area contributed by atoms with E-state index in [2.05, 4.69) is 5.32 Å². The maximum atomic E-state index is 12.2. The summed E-state index contributed by atoms with van der Waals surface area (Å²) in [7, 11) is 1.89. The third kappa shape index (κ3) is 7.85.